The minimum absolute atomic E-state index is 0.226. The number of carbonyl (C=O) groups is 1. The van der Waals surface area contributed by atoms with Crippen LogP contribution in [0.15, 0.2) is 60.8 Å². The van der Waals surface area contributed by atoms with Crippen LogP contribution in [0.3, 0.4) is 0 Å². The van der Waals surface area contributed by atoms with Crippen molar-refractivity contribution in [3.05, 3.63) is 71.9 Å². The number of carboxylic acid groups (broad SMARTS) is 1. The predicted molar refractivity (Wildman–Crippen MR) is 113 cm³/mol. The monoisotopic (exact) mass is 390 g/mol. The fourth-order valence-electron chi connectivity index (χ4n) is 4.31. The number of para-hydroxylation sites is 2. The van der Waals surface area contributed by atoms with Crippen molar-refractivity contribution in [1.29, 1.82) is 0 Å². The van der Waals surface area contributed by atoms with Crippen molar-refractivity contribution >= 4 is 16.9 Å². The van der Waals surface area contributed by atoms with E-state index in [0.29, 0.717) is 13.0 Å². The lowest BCUT2D eigenvalue weighted by molar-refractivity contribution is -0.145. The third-order valence-electron chi connectivity index (χ3n) is 5.60. The van der Waals surface area contributed by atoms with Gasteiger partial charge >= 0.3 is 5.97 Å². The van der Waals surface area contributed by atoms with Gasteiger partial charge in [-0.15, -0.1) is 0 Å². The molecular formula is C24H26N2O3. The second-order valence-corrected chi connectivity index (χ2v) is 7.42. The summed E-state index contributed by atoms with van der Waals surface area (Å²) in [5.74, 6) is 0.0280. The molecule has 2 aromatic carbocycles. The number of hydrogen-bond donors (Lipinski definition) is 1. The summed E-state index contributed by atoms with van der Waals surface area (Å²) >= 11 is 0. The SMILES string of the molecule is CCOc1ccccc1C(c1cnc2ccccc2c1)N1CCCCC1C(=O)O. The van der Waals surface area contributed by atoms with Gasteiger partial charge in [0.1, 0.15) is 11.8 Å². The van der Waals surface area contributed by atoms with E-state index in [0.717, 1.165) is 47.2 Å². The Balaban J connectivity index is 1.87. The van der Waals surface area contributed by atoms with Gasteiger partial charge in [-0.2, -0.15) is 0 Å². The van der Waals surface area contributed by atoms with E-state index in [9.17, 15) is 9.90 Å². The Morgan fingerprint density at radius 1 is 1.21 bits per heavy atom. The Morgan fingerprint density at radius 2 is 2.00 bits per heavy atom. The van der Waals surface area contributed by atoms with Crippen molar-refractivity contribution in [2.75, 3.05) is 13.2 Å². The molecule has 0 saturated carbocycles. The average Bonchev–Trinajstić information content (AvgIpc) is 2.75. The van der Waals surface area contributed by atoms with Crippen molar-refractivity contribution < 1.29 is 14.6 Å². The lowest BCUT2D eigenvalue weighted by Crippen LogP contribution is -2.47. The second kappa shape index (κ2) is 8.62. The highest BCUT2D eigenvalue weighted by Crippen LogP contribution is 2.39. The van der Waals surface area contributed by atoms with Crippen molar-refractivity contribution in [1.82, 2.24) is 9.88 Å². The third kappa shape index (κ3) is 3.96. The molecule has 0 amide bonds. The molecule has 1 aromatic heterocycles. The number of nitrogens with zero attached hydrogens (tertiary/aromatic N) is 2. The molecule has 1 fully saturated rings. The molecule has 1 saturated heterocycles. The van der Waals surface area contributed by atoms with Crippen LogP contribution in [0.1, 0.15) is 43.4 Å². The molecule has 0 spiro atoms. The van der Waals surface area contributed by atoms with E-state index >= 15 is 0 Å². The largest absolute Gasteiger partial charge is 0.494 e. The summed E-state index contributed by atoms with van der Waals surface area (Å²) in [6, 6.07) is 17.3. The van der Waals surface area contributed by atoms with Crippen LogP contribution in [0.5, 0.6) is 5.75 Å². The number of rotatable bonds is 6. The van der Waals surface area contributed by atoms with Crippen LogP contribution < -0.4 is 4.74 Å². The van der Waals surface area contributed by atoms with Gasteiger partial charge in [-0.25, -0.2) is 0 Å². The van der Waals surface area contributed by atoms with Crippen molar-refractivity contribution in [2.24, 2.45) is 0 Å². The summed E-state index contributed by atoms with van der Waals surface area (Å²) in [7, 11) is 0. The topological polar surface area (TPSA) is 62.7 Å². The van der Waals surface area contributed by atoms with Gasteiger partial charge in [0.05, 0.1) is 18.2 Å². The average molecular weight is 390 g/mol. The Morgan fingerprint density at radius 3 is 2.83 bits per heavy atom. The van der Waals surface area contributed by atoms with E-state index in [1.165, 1.54) is 0 Å². The summed E-state index contributed by atoms with van der Waals surface area (Å²) in [5, 5.41) is 11.0. The molecule has 2 heterocycles. The highest BCUT2D eigenvalue weighted by atomic mass is 16.5. The van der Waals surface area contributed by atoms with E-state index in [-0.39, 0.29) is 6.04 Å². The predicted octanol–water partition coefficient (Wildman–Crippen LogP) is 4.66. The molecule has 5 heteroatoms. The number of aliphatic carboxylic acids is 1. The molecule has 0 bridgehead atoms. The highest BCUT2D eigenvalue weighted by molar-refractivity contribution is 5.79. The molecule has 0 aliphatic carbocycles. The van der Waals surface area contributed by atoms with Gasteiger partial charge in [-0.05, 0) is 50.1 Å². The summed E-state index contributed by atoms with van der Waals surface area (Å²) in [6.45, 7) is 3.25. The third-order valence-corrected chi connectivity index (χ3v) is 5.60. The minimum atomic E-state index is -0.766. The summed E-state index contributed by atoms with van der Waals surface area (Å²) in [4.78, 5) is 18.8. The zero-order valence-corrected chi connectivity index (χ0v) is 16.6. The standard InChI is InChI=1S/C24H26N2O3/c1-2-29-22-13-6-4-10-19(22)23(26-14-8-7-12-21(26)24(27)28)18-15-17-9-3-5-11-20(17)25-16-18/h3-6,9-11,13,15-16,21,23H,2,7-8,12,14H2,1H3,(H,27,28). The van der Waals surface area contributed by atoms with E-state index in [1.54, 1.807) is 0 Å². The van der Waals surface area contributed by atoms with Gasteiger partial charge in [0.25, 0.3) is 0 Å². The first kappa shape index (κ1) is 19.4. The maximum Gasteiger partial charge on any atom is 0.320 e. The molecule has 0 radical (unpaired) electrons. The first-order valence-electron chi connectivity index (χ1n) is 10.2. The molecule has 2 atom stereocenters. The number of carboxylic acids is 1. The number of benzene rings is 2. The van der Waals surface area contributed by atoms with Crippen molar-refractivity contribution in [3.63, 3.8) is 0 Å². The molecule has 29 heavy (non-hydrogen) atoms. The molecule has 1 aliphatic rings. The number of piperidine rings is 1. The van der Waals surface area contributed by atoms with Crippen molar-refractivity contribution in [2.45, 2.75) is 38.3 Å². The van der Waals surface area contributed by atoms with Crippen LogP contribution in [0.25, 0.3) is 10.9 Å². The van der Waals surface area contributed by atoms with Crippen LogP contribution in [-0.4, -0.2) is 40.2 Å². The van der Waals surface area contributed by atoms with Crippen molar-refractivity contribution in [3.8, 4) is 5.75 Å². The van der Waals surface area contributed by atoms with Gasteiger partial charge in [-0.1, -0.05) is 42.8 Å². The van der Waals surface area contributed by atoms with Gasteiger partial charge in [0, 0.05) is 17.1 Å². The smallest absolute Gasteiger partial charge is 0.320 e. The normalized spacial score (nSPS) is 18.4. The minimum Gasteiger partial charge on any atom is -0.494 e. The zero-order chi connectivity index (χ0) is 20.2. The van der Waals surface area contributed by atoms with Gasteiger partial charge in [0.2, 0.25) is 0 Å². The van der Waals surface area contributed by atoms with Gasteiger partial charge in [-0.3, -0.25) is 14.7 Å². The lowest BCUT2D eigenvalue weighted by Gasteiger charge is -2.40. The molecule has 150 valence electrons. The van der Waals surface area contributed by atoms with E-state index in [4.69, 9.17) is 4.74 Å². The number of fused-ring (bicyclic) bond motifs is 1. The zero-order valence-electron chi connectivity index (χ0n) is 16.6. The van der Waals surface area contributed by atoms with Gasteiger partial charge in [0.15, 0.2) is 0 Å². The van der Waals surface area contributed by atoms with Crippen LogP contribution in [-0.2, 0) is 4.79 Å². The fraction of sp³-hybridized carbons (Fsp3) is 0.333. The van der Waals surface area contributed by atoms with Crippen LogP contribution in [0.4, 0.5) is 0 Å². The molecular weight excluding hydrogens is 364 g/mol. The molecule has 4 rings (SSSR count). The quantitative estimate of drug-likeness (QED) is 0.663. The number of ether oxygens (including phenoxy) is 1. The number of aromatic nitrogens is 1. The highest BCUT2D eigenvalue weighted by Gasteiger charge is 2.36. The maximum absolute atomic E-state index is 12.1. The molecule has 1 N–H and O–H groups in total. The fourth-order valence-corrected chi connectivity index (χ4v) is 4.31. The van der Waals surface area contributed by atoms with Crippen LogP contribution >= 0.6 is 0 Å². The maximum atomic E-state index is 12.1. The summed E-state index contributed by atoms with van der Waals surface area (Å²) in [6.07, 6.45) is 4.45. The molecule has 3 aromatic rings. The lowest BCUT2D eigenvalue weighted by atomic mass is 9.91. The van der Waals surface area contributed by atoms with E-state index in [1.807, 2.05) is 61.7 Å². The number of hydrogen-bond acceptors (Lipinski definition) is 4. The second-order valence-electron chi connectivity index (χ2n) is 7.42. The first-order chi connectivity index (χ1) is 14.2. The molecule has 5 nitrogen and oxygen atoms in total. The molecule has 2 unspecified atom stereocenters. The number of likely N-dealkylation sites (tertiary alicyclic amines) is 1. The van der Waals surface area contributed by atoms with E-state index in [2.05, 4.69) is 16.0 Å². The summed E-state index contributed by atoms with van der Waals surface area (Å²) < 4.78 is 5.92. The van der Waals surface area contributed by atoms with Gasteiger partial charge < -0.3 is 9.84 Å². The van der Waals surface area contributed by atoms with E-state index < -0.39 is 12.0 Å². The molecule has 1 aliphatic heterocycles. The Hall–Kier alpha value is -2.92. The summed E-state index contributed by atoms with van der Waals surface area (Å²) in [5.41, 5.74) is 2.91. The number of pyridine rings is 1. The van der Waals surface area contributed by atoms with Crippen LogP contribution in [0, 0.1) is 0 Å². The van der Waals surface area contributed by atoms with Crippen LogP contribution in [0.2, 0.25) is 0 Å². The first-order valence-corrected chi connectivity index (χ1v) is 10.2. The Kier molecular flexibility index (Phi) is 5.76. The Bertz CT molecular complexity index is 1000. The Labute approximate surface area is 170 Å².